The second kappa shape index (κ2) is 5.03. The number of hydrogen-bond acceptors (Lipinski definition) is 2. The zero-order valence-corrected chi connectivity index (χ0v) is 11.6. The lowest BCUT2D eigenvalue weighted by molar-refractivity contribution is -0.123. The molecule has 1 aliphatic rings. The molecule has 19 heavy (non-hydrogen) atoms. The van der Waals surface area contributed by atoms with Crippen molar-refractivity contribution in [2.24, 2.45) is 5.92 Å². The maximum Gasteiger partial charge on any atom is 0.229 e. The number of hydrogen-bond donors (Lipinski definition) is 2. The van der Waals surface area contributed by atoms with Crippen LogP contribution >= 0.6 is 0 Å². The van der Waals surface area contributed by atoms with Gasteiger partial charge in [0.25, 0.3) is 0 Å². The Kier molecular flexibility index (Phi) is 3.60. The van der Waals surface area contributed by atoms with E-state index < -0.39 is 0 Å². The fraction of sp³-hybridized carbons (Fsp3) is 0.467. The monoisotopic (exact) mass is 260 g/mol. The molecule has 1 saturated heterocycles. The molecule has 0 spiro atoms. The molecule has 0 radical (unpaired) electrons. The number of carbonyl (C=O) groups is 2. The highest BCUT2D eigenvalue weighted by Crippen LogP contribution is 2.23. The second-order valence-corrected chi connectivity index (χ2v) is 6.02. The predicted molar refractivity (Wildman–Crippen MR) is 74.9 cm³/mol. The van der Waals surface area contributed by atoms with Gasteiger partial charge in [-0.1, -0.05) is 32.9 Å². The van der Waals surface area contributed by atoms with Gasteiger partial charge in [-0.05, 0) is 23.1 Å². The van der Waals surface area contributed by atoms with Crippen LogP contribution in [0.1, 0.15) is 32.8 Å². The van der Waals surface area contributed by atoms with E-state index >= 15 is 0 Å². The fourth-order valence-corrected chi connectivity index (χ4v) is 2.09. The average Bonchev–Trinajstić information content (AvgIpc) is 2.75. The lowest BCUT2D eigenvalue weighted by Gasteiger charge is -2.19. The molecule has 1 aliphatic heterocycles. The number of amides is 2. The Morgan fingerprint density at radius 3 is 2.37 bits per heavy atom. The zero-order chi connectivity index (χ0) is 14.0. The Balaban J connectivity index is 2.00. The van der Waals surface area contributed by atoms with Crippen molar-refractivity contribution < 1.29 is 9.59 Å². The third-order valence-corrected chi connectivity index (χ3v) is 3.37. The van der Waals surface area contributed by atoms with Crippen LogP contribution in [-0.2, 0) is 15.0 Å². The summed E-state index contributed by atoms with van der Waals surface area (Å²) in [5.74, 6) is -0.403. The van der Waals surface area contributed by atoms with Crippen LogP contribution in [0.25, 0.3) is 0 Å². The largest absolute Gasteiger partial charge is 0.355 e. The van der Waals surface area contributed by atoms with Crippen LogP contribution in [0.4, 0.5) is 5.69 Å². The summed E-state index contributed by atoms with van der Waals surface area (Å²) in [6.07, 6.45) is 0.284. The summed E-state index contributed by atoms with van der Waals surface area (Å²) in [5, 5.41) is 5.52. The van der Waals surface area contributed by atoms with E-state index in [-0.39, 0.29) is 29.6 Å². The van der Waals surface area contributed by atoms with Gasteiger partial charge >= 0.3 is 0 Å². The summed E-state index contributed by atoms with van der Waals surface area (Å²) in [6.45, 7) is 6.88. The van der Waals surface area contributed by atoms with Gasteiger partial charge in [0.15, 0.2) is 0 Å². The standard InChI is InChI=1S/C15H20N2O2/c1-15(2,3)11-4-6-12(7-5-11)17-14(19)10-8-13(18)16-9-10/h4-7,10H,8-9H2,1-3H3,(H,16,18)(H,17,19). The van der Waals surface area contributed by atoms with Gasteiger partial charge in [0.2, 0.25) is 11.8 Å². The average molecular weight is 260 g/mol. The lowest BCUT2D eigenvalue weighted by Crippen LogP contribution is -2.24. The highest BCUT2D eigenvalue weighted by molar-refractivity contribution is 5.97. The van der Waals surface area contributed by atoms with Crippen molar-refractivity contribution in [1.29, 1.82) is 0 Å². The van der Waals surface area contributed by atoms with Crippen LogP contribution in [0, 0.1) is 5.92 Å². The zero-order valence-electron chi connectivity index (χ0n) is 11.6. The van der Waals surface area contributed by atoms with Crippen LogP contribution in [-0.4, -0.2) is 18.4 Å². The Morgan fingerprint density at radius 1 is 1.26 bits per heavy atom. The van der Waals surface area contributed by atoms with Gasteiger partial charge in [-0.2, -0.15) is 0 Å². The predicted octanol–water partition coefficient (Wildman–Crippen LogP) is 2.06. The molecule has 1 fully saturated rings. The van der Waals surface area contributed by atoms with Gasteiger partial charge in [-0.3, -0.25) is 9.59 Å². The topological polar surface area (TPSA) is 58.2 Å². The number of benzene rings is 1. The highest BCUT2D eigenvalue weighted by atomic mass is 16.2. The van der Waals surface area contributed by atoms with Crippen molar-refractivity contribution in [2.45, 2.75) is 32.6 Å². The molecule has 4 heteroatoms. The van der Waals surface area contributed by atoms with E-state index in [1.807, 2.05) is 24.3 Å². The summed E-state index contributed by atoms with van der Waals surface area (Å²) < 4.78 is 0. The van der Waals surface area contributed by atoms with Gasteiger partial charge in [0, 0.05) is 18.7 Å². The third kappa shape index (κ3) is 3.34. The molecule has 0 aliphatic carbocycles. The number of nitrogens with one attached hydrogen (secondary N) is 2. The van der Waals surface area contributed by atoms with Gasteiger partial charge in [-0.15, -0.1) is 0 Å². The molecule has 1 aromatic carbocycles. The lowest BCUT2D eigenvalue weighted by atomic mass is 9.87. The molecular formula is C15H20N2O2. The first-order valence-corrected chi connectivity index (χ1v) is 6.54. The van der Waals surface area contributed by atoms with E-state index in [0.717, 1.165) is 5.69 Å². The van der Waals surface area contributed by atoms with Crippen LogP contribution in [0.3, 0.4) is 0 Å². The molecule has 1 aromatic rings. The van der Waals surface area contributed by atoms with Gasteiger partial charge in [0.1, 0.15) is 0 Å². The quantitative estimate of drug-likeness (QED) is 0.855. The number of anilines is 1. The molecular weight excluding hydrogens is 240 g/mol. The van der Waals surface area contributed by atoms with E-state index in [4.69, 9.17) is 0 Å². The maximum absolute atomic E-state index is 11.9. The Bertz CT molecular complexity index is 486. The summed E-state index contributed by atoms with van der Waals surface area (Å²) in [5.41, 5.74) is 2.10. The number of rotatable bonds is 2. The first-order valence-electron chi connectivity index (χ1n) is 6.54. The number of carbonyl (C=O) groups excluding carboxylic acids is 2. The van der Waals surface area contributed by atoms with E-state index in [0.29, 0.717) is 6.54 Å². The van der Waals surface area contributed by atoms with E-state index in [1.54, 1.807) is 0 Å². The second-order valence-electron chi connectivity index (χ2n) is 6.02. The Labute approximate surface area is 113 Å². The van der Waals surface area contributed by atoms with Crippen LogP contribution in [0.15, 0.2) is 24.3 Å². The SMILES string of the molecule is CC(C)(C)c1ccc(NC(=O)C2CNC(=O)C2)cc1. The van der Waals surface area contributed by atoms with Gasteiger partial charge in [0.05, 0.1) is 5.92 Å². The minimum absolute atomic E-state index is 0.0526. The fourth-order valence-electron chi connectivity index (χ4n) is 2.09. The highest BCUT2D eigenvalue weighted by Gasteiger charge is 2.27. The van der Waals surface area contributed by atoms with Crippen LogP contribution in [0.5, 0.6) is 0 Å². The Morgan fingerprint density at radius 2 is 1.89 bits per heavy atom. The van der Waals surface area contributed by atoms with Gasteiger partial charge < -0.3 is 10.6 Å². The van der Waals surface area contributed by atoms with Gasteiger partial charge in [-0.25, -0.2) is 0 Å². The van der Waals surface area contributed by atoms with Crippen molar-refractivity contribution in [3.63, 3.8) is 0 Å². The summed E-state index contributed by atoms with van der Waals surface area (Å²) >= 11 is 0. The normalized spacial score (nSPS) is 19.1. The smallest absolute Gasteiger partial charge is 0.229 e. The minimum Gasteiger partial charge on any atom is -0.355 e. The van der Waals surface area contributed by atoms with Crippen molar-refractivity contribution in [3.05, 3.63) is 29.8 Å². The first-order chi connectivity index (χ1) is 8.86. The maximum atomic E-state index is 11.9. The molecule has 2 rings (SSSR count). The molecule has 0 aromatic heterocycles. The molecule has 0 bridgehead atoms. The molecule has 2 amide bonds. The van der Waals surface area contributed by atoms with E-state index in [2.05, 4.69) is 31.4 Å². The molecule has 4 nitrogen and oxygen atoms in total. The van der Waals surface area contributed by atoms with Crippen molar-refractivity contribution >= 4 is 17.5 Å². The van der Waals surface area contributed by atoms with Crippen molar-refractivity contribution in [3.8, 4) is 0 Å². The summed E-state index contributed by atoms with van der Waals surface area (Å²) in [4.78, 5) is 23.0. The van der Waals surface area contributed by atoms with E-state index in [9.17, 15) is 9.59 Å². The van der Waals surface area contributed by atoms with Crippen LogP contribution < -0.4 is 10.6 Å². The molecule has 1 unspecified atom stereocenters. The van der Waals surface area contributed by atoms with Crippen molar-refractivity contribution in [1.82, 2.24) is 5.32 Å². The molecule has 1 atom stereocenters. The minimum atomic E-state index is -0.255. The molecule has 1 heterocycles. The van der Waals surface area contributed by atoms with E-state index in [1.165, 1.54) is 5.56 Å². The summed E-state index contributed by atoms with van der Waals surface area (Å²) in [6, 6.07) is 7.85. The van der Waals surface area contributed by atoms with Crippen LogP contribution in [0.2, 0.25) is 0 Å². The molecule has 2 N–H and O–H groups in total. The Hall–Kier alpha value is -1.84. The summed E-state index contributed by atoms with van der Waals surface area (Å²) in [7, 11) is 0. The first kappa shape index (κ1) is 13.6. The van der Waals surface area contributed by atoms with Crippen molar-refractivity contribution in [2.75, 3.05) is 11.9 Å². The molecule has 102 valence electrons. The third-order valence-electron chi connectivity index (χ3n) is 3.37. The molecule has 0 saturated carbocycles.